The molecule has 1 fully saturated rings. The van der Waals surface area contributed by atoms with Crippen molar-refractivity contribution in [3.63, 3.8) is 0 Å². The number of hydrogen-bond donors (Lipinski definition) is 1. The highest BCUT2D eigenvalue weighted by molar-refractivity contribution is 6.37. The Morgan fingerprint density at radius 3 is 2.50 bits per heavy atom. The first kappa shape index (κ1) is 24.5. The van der Waals surface area contributed by atoms with E-state index < -0.39 is 17.7 Å². The number of anilines is 2. The number of aromatic nitrogens is 4. The van der Waals surface area contributed by atoms with Crippen LogP contribution in [0.2, 0.25) is 10.0 Å². The smallest absolute Gasteiger partial charge is 0.284 e. The van der Waals surface area contributed by atoms with Crippen molar-refractivity contribution in [3.8, 4) is 5.69 Å². The van der Waals surface area contributed by atoms with Crippen LogP contribution in [0, 0.1) is 0 Å². The van der Waals surface area contributed by atoms with E-state index in [4.69, 9.17) is 23.2 Å². The van der Waals surface area contributed by atoms with Crippen LogP contribution in [0.3, 0.4) is 0 Å². The molecule has 4 aromatic rings. The van der Waals surface area contributed by atoms with Crippen LogP contribution in [-0.4, -0.2) is 44.8 Å². The fourth-order valence-electron chi connectivity index (χ4n) is 4.50. The molecule has 11 heteroatoms. The van der Waals surface area contributed by atoms with Gasteiger partial charge in [-0.15, -0.1) is 0 Å². The van der Waals surface area contributed by atoms with E-state index in [1.807, 2.05) is 24.3 Å². The number of fused-ring (bicyclic) bond motifs is 1. The average Bonchev–Trinajstić information content (AvgIpc) is 2.85. The SMILES string of the molecule is CN1CCCC(c2ccc(Nc3ncc4c(=O)n(-c5c(Cl)cccc5Cl)nc(C(F)F)c4n3)cc2)C1. The summed E-state index contributed by atoms with van der Waals surface area (Å²) in [4.78, 5) is 23.8. The molecule has 1 unspecified atom stereocenters. The van der Waals surface area contributed by atoms with Crippen molar-refractivity contribution >= 4 is 45.7 Å². The molecule has 0 saturated carbocycles. The molecule has 5 rings (SSSR count). The van der Waals surface area contributed by atoms with Crippen LogP contribution in [0.4, 0.5) is 20.4 Å². The van der Waals surface area contributed by atoms with Gasteiger partial charge in [0.2, 0.25) is 5.95 Å². The maximum Gasteiger partial charge on any atom is 0.284 e. The van der Waals surface area contributed by atoms with Crippen LogP contribution in [0.25, 0.3) is 16.6 Å². The first-order valence-corrected chi connectivity index (χ1v) is 12.2. The summed E-state index contributed by atoms with van der Waals surface area (Å²) >= 11 is 12.4. The van der Waals surface area contributed by atoms with E-state index in [1.54, 1.807) is 6.07 Å². The summed E-state index contributed by atoms with van der Waals surface area (Å²) in [5.74, 6) is 0.549. The largest absolute Gasteiger partial charge is 0.324 e. The molecule has 186 valence electrons. The molecule has 36 heavy (non-hydrogen) atoms. The topological polar surface area (TPSA) is 75.9 Å². The Balaban J connectivity index is 1.49. The van der Waals surface area contributed by atoms with Crippen molar-refractivity contribution in [1.82, 2.24) is 24.6 Å². The summed E-state index contributed by atoms with van der Waals surface area (Å²) in [7, 11) is 2.12. The average molecular weight is 531 g/mol. The number of benzene rings is 2. The lowest BCUT2D eigenvalue weighted by Gasteiger charge is -2.30. The summed E-state index contributed by atoms with van der Waals surface area (Å²) in [5, 5.41) is 6.97. The highest BCUT2D eigenvalue weighted by Crippen LogP contribution is 2.30. The normalized spacial score (nSPS) is 16.6. The zero-order valence-electron chi connectivity index (χ0n) is 19.3. The lowest BCUT2D eigenvalue weighted by molar-refractivity contribution is 0.145. The first-order chi connectivity index (χ1) is 17.3. The number of nitrogens with one attached hydrogen (secondary N) is 1. The van der Waals surface area contributed by atoms with Crippen molar-refractivity contribution in [2.75, 3.05) is 25.5 Å². The molecule has 2 aromatic carbocycles. The number of likely N-dealkylation sites (N-methyl/N-ethyl adjacent to an activating group) is 1. The van der Waals surface area contributed by atoms with Gasteiger partial charge in [-0.05, 0) is 62.2 Å². The third-order valence-corrected chi connectivity index (χ3v) is 6.89. The van der Waals surface area contributed by atoms with Gasteiger partial charge in [0.05, 0.1) is 15.4 Å². The van der Waals surface area contributed by atoms with Gasteiger partial charge in [0.25, 0.3) is 12.0 Å². The van der Waals surface area contributed by atoms with E-state index in [2.05, 4.69) is 32.3 Å². The second-order valence-electron chi connectivity index (χ2n) is 8.78. The number of alkyl halides is 2. The fourth-order valence-corrected chi connectivity index (χ4v) is 5.06. The Hall–Kier alpha value is -3.14. The first-order valence-electron chi connectivity index (χ1n) is 11.4. The molecule has 0 amide bonds. The molecule has 1 saturated heterocycles. The second-order valence-corrected chi connectivity index (χ2v) is 9.59. The molecule has 7 nitrogen and oxygen atoms in total. The van der Waals surface area contributed by atoms with Gasteiger partial charge in [-0.2, -0.15) is 9.78 Å². The highest BCUT2D eigenvalue weighted by Gasteiger charge is 2.23. The maximum absolute atomic E-state index is 14.0. The molecule has 0 spiro atoms. The summed E-state index contributed by atoms with van der Waals surface area (Å²) in [6, 6.07) is 12.5. The standard InChI is InChI=1S/C25H22Cl2F2N6O/c1-34-11-3-4-15(13-34)14-7-9-16(10-8-14)31-25-30-12-17-20(32-25)21(23(28)29)33-35(24(17)36)22-18(26)5-2-6-19(22)27/h2,5-10,12,15,23H,3-4,11,13H2,1H3,(H,30,31,32). The predicted octanol–water partition coefficient (Wildman–Crippen LogP) is 5.97. The van der Waals surface area contributed by atoms with Crippen molar-refractivity contribution in [3.05, 3.63) is 80.3 Å². The number of nitrogens with zero attached hydrogens (tertiary/aromatic N) is 5. The highest BCUT2D eigenvalue weighted by atomic mass is 35.5. The number of piperidine rings is 1. The van der Waals surface area contributed by atoms with E-state index in [-0.39, 0.29) is 32.6 Å². The van der Waals surface area contributed by atoms with Crippen LogP contribution >= 0.6 is 23.2 Å². The number of likely N-dealkylation sites (tertiary alicyclic amines) is 1. The van der Waals surface area contributed by atoms with Gasteiger partial charge in [0, 0.05) is 18.4 Å². The fraction of sp³-hybridized carbons (Fsp3) is 0.280. The van der Waals surface area contributed by atoms with E-state index in [0.29, 0.717) is 11.6 Å². The molecule has 3 heterocycles. The van der Waals surface area contributed by atoms with Gasteiger partial charge in [0.1, 0.15) is 11.2 Å². The van der Waals surface area contributed by atoms with Gasteiger partial charge in [-0.1, -0.05) is 41.4 Å². The summed E-state index contributed by atoms with van der Waals surface area (Å²) in [5.41, 5.74) is 0.329. The molecule has 0 radical (unpaired) electrons. The number of rotatable bonds is 5. The van der Waals surface area contributed by atoms with E-state index in [0.717, 1.165) is 30.6 Å². The van der Waals surface area contributed by atoms with Crippen LogP contribution in [0.15, 0.2) is 53.5 Å². The molecular weight excluding hydrogens is 509 g/mol. The van der Waals surface area contributed by atoms with Gasteiger partial charge < -0.3 is 10.2 Å². The minimum absolute atomic E-state index is 0.0149. The van der Waals surface area contributed by atoms with Crippen molar-refractivity contribution < 1.29 is 8.78 Å². The van der Waals surface area contributed by atoms with Crippen molar-refractivity contribution in [1.29, 1.82) is 0 Å². The van der Waals surface area contributed by atoms with Gasteiger partial charge >= 0.3 is 0 Å². The molecule has 0 bridgehead atoms. The maximum atomic E-state index is 14.0. The minimum atomic E-state index is -3.00. The molecule has 1 atom stereocenters. The molecule has 1 aliphatic rings. The molecule has 0 aliphatic carbocycles. The molecule has 1 aliphatic heterocycles. The summed E-state index contributed by atoms with van der Waals surface area (Å²) in [6.45, 7) is 2.13. The molecule has 2 aromatic heterocycles. The quantitative estimate of drug-likeness (QED) is 0.342. The van der Waals surface area contributed by atoms with Gasteiger partial charge in [0.15, 0.2) is 5.69 Å². The summed E-state index contributed by atoms with van der Waals surface area (Å²) < 4.78 is 28.8. The monoisotopic (exact) mass is 530 g/mol. The third-order valence-electron chi connectivity index (χ3n) is 6.28. The van der Waals surface area contributed by atoms with E-state index in [1.165, 1.54) is 23.9 Å². The Morgan fingerprint density at radius 1 is 1.11 bits per heavy atom. The van der Waals surface area contributed by atoms with Crippen LogP contribution in [0.1, 0.15) is 36.4 Å². The zero-order valence-corrected chi connectivity index (χ0v) is 20.8. The lowest BCUT2D eigenvalue weighted by Crippen LogP contribution is -2.30. The molecule has 1 N–H and O–H groups in total. The van der Waals surface area contributed by atoms with Crippen molar-refractivity contribution in [2.45, 2.75) is 25.2 Å². The third kappa shape index (κ3) is 4.78. The van der Waals surface area contributed by atoms with Crippen molar-refractivity contribution in [2.24, 2.45) is 0 Å². The minimum Gasteiger partial charge on any atom is -0.324 e. The molecular formula is C25H22Cl2F2N6O. The predicted molar refractivity (Wildman–Crippen MR) is 137 cm³/mol. The Morgan fingerprint density at radius 2 is 1.83 bits per heavy atom. The second kappa shape index (κ2) is 10.1. The summed E-state index contributed by atoms with van der Waals surface area (Å²) in [6.07, 6.45) is 0.507. The Kier molecular flexibility index (Phi) is 6.87. The zero-order chi connectivity index (χ0) is 25.4. The number of halogens is 4. The van der Waals surface area contributed by atoms with Gasteiger partial charge in [-0.3, -0.25) is 4.79 Å². The van der Waals surface area contributed by atoms with Crippen LogP contribution in [-0.2, 0) is 0 Å². The van der Waals surface area contributed by atoms with Crippen LogP contribution in [0.5, 0.6) is 0 Å². The van der Waals surface area contributed by atoms with Gasteiger partial charge in [-0.25, -0.2) is 18.7 Å². The lowest BCUT2D eigenvalue weighted by atomic mass is 9.91. The Labute approximate surface area is 215 Å². The number of para-hydroxylation sites is 1. The van der Waals surface area contributed by atoms with Crippen LogP contribution < -0.4 is 10.9 Å². The van der Waals surface area contributed by atoms with E-state index >= 15 is 0 Å². The van der Waals surface area contributed by atoms with E-state index in [9.17, 15) is 13.6 Å². The number of hydrogen-bond acceptors (Lipinski definition) is 6. The Bertz CT molecular complexity index is 1460.